The Balaban J connectivity index is 2.07. The molecule has 4 N–H and O–H groups in total. The highest BCUT2D eigenvalue weighted by molar-refractivity contribution is 5.79. The summed E-state index contributed by atoms with van der Waals surface area (Å²) in [7, 11) is 0. The summed E-state index contributed by atoms with van der Waals surface area (Å²) in [5, 5.41) is 22.7. The summed E-state index contributed by atoms with van der Waals surface area (Å²) in [6.07, 6.45) is -4.41. The summed E-state index contributed by atoms with van der Waals surface area (Å²) in [5.74, 6) is -1.65. The van der Waals surface area contributed by atoms with Gasteiger partial charge in [0.2, 0.25) is 0 Å². The standard InChI is InChI=1S/C18H18F3N3O4/c19-7-14(24-17(26)16(20)21)15(25)11-3-1-10(2-4-11)12-5-6-13(22-8-12)9-23-18(27)28/h1-6,8,14-16,23,25H,7,9H2,(H,24,26)(H,27,28)/t14-,15-/m1/s1. The summed E-state index contributed by atoms with van der Waals surface area (Å²) in [6, 6.07) is 8.09. The second kappa shape index (κ2) is 9.70. The number of halogens is 3. The van der Waals surface area contributed by atoms with Crippen LogP contribution in [0.3, 0.4) is 0 Å². The van der Waals surface area contributed by atoms with E-state index < -0.39 is 37.2 Å². The van der Waals surface area contributed by atoms with Crippen molar-refractivity contribution in [3.05, 3.63) is 53.9 Å². The van der Waals surface area contributed by atoms with Crippen LogP contribution >= 0.6 is 0 Å². The predicted octanol–water partition coefficient (Wildman–Crippen LogP) is 2.27. The molecular weight excluding hydrogens is 379 g/mol. The smallest absolute Gasteiger partial charge is 0.404 e. The SMILES string of the molecule is O=C(O)NCc1ccc(-c2ccc([C@@H](O)[C@@H](CF)NC(=O)C(F)F)cc2)cn1. The van der Waals surface area contributed by atoms with Crippen molar-refractivity contribution in [2.45, 2.75) is 25.1 Å². The van der Waals surface area contributed by atoms with Crippen LogP contribution in [0.4, 0.5) is 18.0 Å². The molecule has 0 aliphatic rings. The van der Waals surface area contributed by atoms with Crippen LogP contribution in [0.15, 0.2) is 42.6 Å². The lowest BCUT2D eigenvalue weighted by molar-refractivity contribution is -0.133. The minimum Gasteiger partial charge on any atom is -0.465 e. The molecule has 28 heavy (non-hydrogen) atoms. The third-order valence-electron chi connectivity index (χ3n) is 3.90. The van der Waals surface area contributed by atoms with Crippen LogP contribution < -0.4 is 10.6 Å². The number of aromatic nitrogens is 1. The van der Waals surface area contributed by atoms with E-state index in [1.54, 1.807) is 29.6 Å². The first-order chi connectivity index (χ1) is 13.3. The molecule has 0 aliphatic heterocycles. The molecule has 1 aromatic carbocycles. The van der Waals surface area contributed by atoms with E-state index in [-0.39, 0.29) is 12.1 Å². The van der Waals surface area contributed by atoms with Gasteiger partial charge in [-0.3, -0.25) is 9.78 Å². The molecule has 0 bridgehead atoms. The molecule has 0 fully saturated rings. The average Bonchev–Trinajstić information content (AvgIpc) is 2.70. The number of benzene rings is 1. The molecule has 0 unspecified atom stereocenters. The van der Waals surface area contributed by atoms with Crippen LogP contribution in [0.1, 0.15) is 17.4 Å². The Hall–Kier alpha value is -3.14. The summed E-state index contributed by atoms with van der Waals surface area (Å²) < 4.78 is 37.6. The van der Waals surface area contributed by atoms with E-state index in [1.165, 1.54) is 18.3 Å². The van der Waals surface area contributed by atoms with Crippen LogP contribution in [0.25, 0.3) is 11.1 Å². The molecule has 0 spiro atoms. The highest BCUT2D eigenvalue weighted by Crippen LogP contribution is 2.23. The van der Waals surface area contributed by atoms with E-state index in [2.05, 4.69) is 10.3 Å². The summed E-state index contributed by atoms with van der Waals surface area (Å²) in [4.78, 5) is 25.6. The van der Waals surface area contributed by atoms with Gasteiger partial charge in [-0.25, -0.2) is 9.18 Å². The lowest BCUT2D eigenvalue weighted by Crippen LogP contribution is -2.43. The van der Waals surface area contributed by atoms with Gasteiger partial charge in [0.25, 0.3) is 5.91 Å². The molecule has 1 aromatic heterocycles. The van der Waals surface area contributed by atoms with E-state index >= 15 is 0 Å². The van der Waals surface area contributed by atoms with Crippen molar-refractivity contribution in [2.75, 3.05) is 6.67 Å². The van der Waals surface area contributed by atoms with Gasteiger partial charge in [-0.05, 0) is 17.2 Å². The van der Waals surface area contributed by atoms with E-state index in [0.29, 0.717) is 11.3 Å². The average molecular weight is 397 g/mol. The molecule has 7 nitrogen and oxygen atoms in total. The largest absolute Gasteiger partial charge is 0.465 e. The highest BCUT2D eigenvalue weighted by Gasteiger charge is 2.26. The molecule has 10 heteroatoms. The molecule has 150 valence electrons. The molecule has 1 heterocycles. The van der Waals surface area contributed by atoms with E-state index in [1.807, 2.05) is 0 Å². The fraction of sp³-hybridized carbons (Fsp3) is 0.278. The first-order valence-corrected chi connectivity index (χ1v) is 8.16. The summed E-state index contributed by atoms with van der Waals surface area (Å²) in [5.41, 5.74) is 2.21. The van der Waals surface area contributed by atoms with Crippen molar-refractivity contribution in [2.24, 2.45) is 0 Å². The zero-order chi connectivity index (χ0) is 20.7. The molecule has 2 aromatic rings. The number of carbonyl (C=O) groups excluding carboxylic acids is 1. The number of pyridine rings is 1. The third kappa shape index (κ3) is 5.68. The molecular formula is C18H18F3N3O4. The van der Waals surface area contributed by atoms with Gasteiger partial charge in [-0.2, -0.15) is 8.78 Å². The van der Waals surface area contributed by atoms with Crippen molar-refractivity contribution in [3.8, 4) is 11.1 Å². The second-order valence-corrected chi connectivity index (χ2v) is 5.83. The number of alkyl halides is 3. The molecule has 0 radical (unpaired) electrons. The minimum absolute atomic E-state index is 0.0652. The summed E-state index contributed by atoms with van der Waals surface area (Å²) in [6.45, 7) is -1.15. The van der Waals surface area contributed by atoms with Gasteiger partial charge in [0.15, 0.2) is 0 Å². The van der Waals surface area contributed by atoms with Gasteiger partial charge < -0.3 is 20.8 Å². The lowest BCUT2D eigenvalue weighted by atomic mass is 9.99. The van der Waals surface area contributed by atoms with Crippen molar-refractivity contribution in [3.63, 3.8) is 0 Å². The number of aliphatic hydroxyl groups is 1. The molecule has 0 saturated carbocycles. The molecule has 0 saturated heterocycles. The second-order valence-electron chi connectivity index (χ2n) is 5.83. The van der Waals surface area contributed by atoms with Gasteiger partial charge >= 0.3 is 12.5 Å². The third-order valence-corrected chi connectivity index (χ3v) is 3.90. The maximum absolute atomic E-state index is 13.0. The Morgan fingerprint density at radius 3 is 2.21 bits per heavy atom. The first kappa shape index (κ1) is 21.2. The molecule has 2 amide bonds. The van der Waals surface area contributed by atoms with E-state index in [9.17, 15) is 27.9 Å². The number of nitrogens with one attached hydrogen (secondary N) is 2. The number of carboxylic acid groups (broad SMARTS) is 1. The highest BCUT2D eigenvalue weighted by atomic mass is 19.3. The predicted molar refractivity (Wildman–Crippen MR) is 93.4 cm³/mol. The fourth-order valence-electron chi connectivity index (χ4n) is 2.42. The zero-order valence-electron chi connectivity index (χ0n) is 14.5. The van der Waals surface area contributed by atoms with Gasteiger partial charge in [-0.1, -0.05) is 30.3 Å². The molecule has 0 aliphatic carbocycles. The number of rotatable bonds is 8. The quantitative estimate of drug-likeness (QED) is 0.546. The lowest BCUT2D eigenvalue weighted by Gasteiger charge is -2.22. The number of carbonyl (C=O) groups is 2. The van der Waals surface area contributed by atoms with Gasteiger partial charge in [0.05, 0.1) is 18.3 Å². The maximum Gasteiger partial charge on any atom is 0.404 e. The summed E-state index contributed by atoms with van der Waals surface area (Å²) >= 11 is 0. The Bertz CT molecular complexity index is 801. The number of hydrogen-bond donors (Lipinski definition) is 4. The van der Waals surface area contributed by atoms with Crippen LogP contribution in [-0.4, -0.2) is 46.3 Å². The van der Waals surface area contributed by atoms with Crippen molar-refractivity contribution >= 4 is 12.0 Å². The normalized spacial score (nSPS) is 13.0. The van der Waals surface area contributed by atoms with Crippen LogP contribution in [0, 0.1) is 0 Å². The molecule has 2 atom stereocenters. The topological polar surface area (TPSA) is 112 Å². The monoisotopic (exact) mass is 397 g/mol. The van der Waals surface area contributed by atoms with Gasteiger partial charge in [-0.15, -0.1) is 0 Å². The Morgan fingerprint density at radius 1 is 1.07 bits per heavy atom. The van der Waals surface area contributed by atoms with Crippen LogP contribution in [0.2, 0.25) is 0 Å². The Morgan fingerprint density at radius 2 is 1.71 bits per heavy atom. The number of amides is 2. The Labute approximate surface area is 158 Å². The fourth-order valence-corrected chi connectivity index (χ4v) is 2.42. The Kier molecular flexibility index (Phi) is 7.33. The van der Waals surface area contributed by atoms with Gasteiger partial charge in [0, 0.05) is 11.8 Å². The van der Waals surface area contributed by atoms with Gasteiger partial charge in [0.1, 0.15) is 12.8 Å². The van der Waals surface area contributed by atoms with E-state index in [0.717, 1.165) is 5.56 Å². The number of aliphatic hydroxyl groups excluding tert-OH is 1. The van der Waals surface area contributed by atoms with Crippen molar-refractivity contribution in [1.82, 2.24) is 15.6 Å². The number of hydrogen-bond acceptors (Lipinski definition) is 4. The van der Waals surface area contributed by atoms with Crippen LogP contribution in [-0.2, 0) is 11.3 Å². The van der Waals surface area contributed by atoms with E-state index in [4.69, 9.17) is 5.11 Å². The zero-order valence-corrected chi connectivity index (χ0v) is 14.5. The van der Waals surface area contributed by atoms with Crippen molar-refractivity contribution in [1.29, 1.82) is 0 Å². The molecule has 2 rings (SSSR count). The number of nitrogens with zero attached hydrogens (tertiary/aromatic N) is 1. The van der Waals surface area contributed by atoms with Crippen molar-refractivity contribution < 1.29 is 33.0 Å². The van der Waals surface area contributed by atoms with Crippen LogP contribution in [0.5, 0.6) is 0 Å². The first-order valence-electron chi connectivity index (χ1n) is 8.16. The maximum atomic E-state index is 13.0. The minimum atomic E-state index is -3.30.